The number of nitrogen functional groups attached to an aromatic ring is 1. The Morgan fingerprint density at radius 3 is 2.19 bits per heavy atom. The number of pyridine rings is 1. The number of aromatic nitrogens is 5. The molecule has 3 N–H and O–H groups in total. The number of alkyl halides is 6. The van der Waals surface area contributed by atoms with Crippen molar-refractivity contribution in [2.45, 2.75) is 45.1 Å². The fraction of sp³-hybridized carbons (Fsp3) is 0.269. The second-order valence-corrected chi connectivity index (χ2v) is 8.53. The van der Waals surface area contributed by atoms with E-state index in [2.05, 4.69) is 26.9 Å². The molecule has 0 unspecified atom stereocenters. The van der Waals surface area contributed by atoms with E-state index in [9.17, 15) is 44.7 Å². The van der Waals surface area contributed by atoms with Gasteiger partial charge in [-0.25, -0.2) is 23.8 Å². The molecule has 222 valence electrons. The van der Waals surface area contributed by atoms with Gasteiger partial charge in [-0.05, 0) is 37.3 Å². The lowest BCUT2D eigenvalue weighted by atomic mass is 10.1. The summed E-state index contributed by atoms with van der Waals surface area (Å²) in [5.41, 5.74) is -0.733. The van der Waals surface area contributed by atoms with Crippen LogP contribution in [-0.4, -0.2) is 24.7 Å². The van der Waals surface area contributed by atoms with Gasteiger partial charge in [-0.3, -0.25) is 9.59 Å². The second-order valence-electron chi connectivity index (χ2n) is 8.53. The first-order chi connectivity index (χ1) is 19.7. The largest absolute Gasteiger partial charge is 0.423 e. The third kappa shape index (κ3) is 7.28. The highest BCUT2D eigenvalue weighted by Gasteiger charge is 2.36. The molecule has 0 spiro atoms. The fourth-order valence-corrected chi connectivity index (χ4v) is 3.65. The summed E-state index contributed by atoms with van der Waals surface area (Å²) in [5.74, 6) is 2.48. The van der Waals surface area contributed by atoms with E-state index in [0.717, 1.165) is 18.7 Å². The van der Waals surface area contributed by atoms with Gasteiger partial charge < -0.3 is 10.3 Å². The van der Waals surface area contributed by atoms with Gasteiger partial charge in [-0.15, -0.1) is 11.8 Å². The molecule has 0 aliphatic rings. The van der Waals surface area contributed by atoms with E-state index in [1.807, 2.05) is 0 Å². The third-order valence-corrected chi connectivity index (χ3v) is 5.66. The van der Waals surface area contributed by atoms with E-state index in [-0.39, 0.29) is 5.39 Å². The van der Waals surface area contributed by atoms with Crippen LogP contribution in [-0.2, 0) is 18.9 Å². The summed E-state index contributed by atoms with van der Waals surface area (Å²) >= 11 is 0. The van der Waals surface area contributed by atoms with Gasteiger partial charge in [0.25, 0.3) is 11.1 Å². The van der Waals surface area contributed by atoms with Gasteiger partial charge in [0.1, 0.15) is 5.56 Å². The van der Waals surface area contributed by atoms with Gasteiger partial charge in [-0.2, -0.15) is 31.4 Å². The van der Waals surface area contributed by atoms with Crippen molar-refractivity contribution >= 4 is 16.5 Å². The Morgan fingerprint density at radius 1 is 0.976 bits per heavy atom. The minimum Gasteiger partial charge on any atom is -0.397 e. The number of benzene rings is 1. The Kier molecular flexibility index (Phi) is 9.66. The summed E-state index contributed by atoms with van der Waals surface area (Å²) in [7, 11) is 0. The zero-order valence-electron chi connectivity index (χ0n) is 21.5. The Bertz CT molecular complexity index is 1750. The molecule has 42 heavy (non-hydrogen) atoms. The number of hydrogen-bond acceptors (Lipinski definition) is 6. The van der Waals surface area contributed by atoms with Crippen LogP contribution < -0.4 is 16.9 Å². The lowest BCUT2D eigenvalue weighted by molar-refractivity contribution is -0.138. The quantitative estimate of drug-likeness (QED) is 0.182. The highest BCUT2D eigenvalue weighted by atomic mass is 19.4. The SMILES string of the molecule is CC#CCCCCn1ccc2cc(-c3ncc(C(F)(F)F)cn3)c(F)c(F)c2c1=O.Nc1cn[nH]c(=O)c1C(F)(F)F. The number of aryl methyl sites for hydroxylation is 1. The number of halogens is 8. The van der Waals surface area contributed by atoms with Crippen molar-refractivity contribution in [1.29, 1.82) is 0 Å². The number of nitrogens with one attached hydrogen (secondary N) is 1. The summed E-state index contributed by atoms with van der Waals surface area (Å²) in [6, 6.07) is 2.59. The van der Waals surface area contributed by atoms with E-state index in [1.54, 1.807) is 12.0 Å². The number of fused-ring (bicyclic) bond motifs is 1. The molecule has 0 atom stereocenters. The number of hydrogen-bond donors (Lipinski definition) is 2. The van der Waals surface area contributed by atoms with E-state index >= 15 is 0 Å². The summed E-state index contributed by atoms with van der Waals surface area (Å²) in [4.78, 5) is 30.2. The predicted molar refractivity (Wildman–Crippen MR) is 136 cm³/mol. The Labute approximate surface area is 231 Å². The predicted octanol–water partition coefficient (Wildman–Crippen LogP) is 5.32. The van der Waals surface area contributed by atoms with Crippen LogP contribution in [0.15, 0.2) is 46.5 Å². The molecule has 3 heterocycles. The maximum absolute atomic E-state index is 14.7. The van der Waals surface area contributed by atoms with Crippen molar-refractivity contribution in [1.82, 2.24) is 24.7 Å². The van der Waals surface area contributed by atoms with Gasteiger partial charge in [0.15, 0.2) is 17.5 Å². The van der Waals surface area contributed by atoms with Crippen molar-refractivity contribution in [3.05, 3.63) is 80.4 Å². The first kappa shape index (κ1) is 31.7. The number of unbranched alkanes of at least 4 members (excludes halogenated alkanes) is 2. The van der Waals surface area contributed by atoms with Crippen molar-refractivity contribution in [2.75, 3.05) is 5.73 Å². The number of anilines is 1. The van der Waals surface area contributed by atoms with Crippen molar-refractivity contribution in [3.8, 4) is 23.2 Å². The van der Waals surface area contributed by atoms with Gasteiger partial charge >= 0.3 is 12.4 Å². The Morgan fingerprint density at radius 2 is 1.64 bits per heavy atom. The first-order valence-electron chi connectivity index (χ1n) is 11.9. The molecule has 0 radical (unpaired) electrons. The van der Waals surface area contributed by atoms with Crippen LogP contribution in [0.3, 0.4) is 0 Å². The van der Waals surface area contributed by atoms with Gasteiger partial charge in [0.05, 0.1) is 28.4 Å². The lowest BCUT2D eigenvalue weighted by Gasteiger charge is -2.11. The van der Waals surface area contributed by atoms with E-state index < -0.39 is 68.7 Å². The standard InChI is InChI=1S/C21H16F5N3O.C5H4F3N3O/c1-2-3-4-5-6-8-29-9-7-13-10-15(17(22)18(23)16(13)20(29)30)19-27-11-14(12-28-19)21(24,25)26;6-5(7,8)3-2(9)1-10-11-4(3)12/h7,9-12H,4-6,8H2,1H3;1H,(H3,9,11,12). The number of rotatable bonds is 5. The zero-order valence-corrected chi connectivity index (χ0v) is 21.5. The summed E-state index contributed by atoms with van der Waals surface area (Å²) in [5, 5.41) is 4.41. The molecule has 0 amide bonds. The number of nitrogens with zero attached hydrogens (tertiary/aromatic N) is 4. The minimum absolute atomic E-state index is 0.102. The Hall–Kier alpha value is -4.81. The molecule has 4 aromatic rings. The number of nitrogens with two attached hydrogens (primary N) is 1. The normalized spacial score (nSPS) is 11.5. The summed E-state index contributed by atoms with van der Waals surface area (Å²) < 4.78 is 104. The molecule has 0 bridgehead atoms. The minimum atomic E-state index is -4.74. The van der Waals surface area contributed by atoms with E-state index in [1.165, 1.54) is 16.8 Å². The molecule has 0 saturated carbocycles. The van der Waals surface area contributed by atoms with Crippen LogP contribution in [0.1, 0.15) is 37.3 Å². The van der Waals surface area contributed by atoms with Gasteiger partial charge in [0, 0.05) is 31.6 Å². The van der Waals surface area contributed by atoms with Crippen LogP contribution in [0, 0.1) is 23.5 Å². The van der Waals surface area contributed by atoms with Gasteiger partial charge in [-0.1, -0.05) is 0 Å². The summed E-state index contributed by atoms with van der Waals surface area (Å²) in [6.07, 6.45) is -4.13. The van der Waals surface area contributed by atoms with E-state index in [0.29, 0.717) is 31.8 Å². The first-order valence-corrected chi connectivity index (χ1v) is 11.9. The lowest BCUT2D eigenvalue weighted by Crippen LogP contribution is -2.24. The molecule has 4 rings (SSSR count). The average molecular weight is 600 g/mol. The third-order valence-electron chi connectivity index (χ3n) is 5.66. The Balaban J connectivity index is 0.000000337. The average Bonchev–Trinajstić information content (AvgIpc) is 2.90. The second kappa shape index (κ2) is 12.8. The zero-order chi connectivity index (χ0) is 31.2. The van der Waals surface area contributed by atoms with Crippen LogP contribution >= 0.6 is 0 Å². The topological polar surface area (TPSA) is 120 Å². The summed E-state index contributed by atoms with van der Waals surface area (Å²) in [6.45, 7) is 2.06. The molecule has 16 heteroatoms. The van der Waals surface area contributed by atoms with Crippen molar-refractivity contribution in [3.63, 3.8) is 0 Å². The highest BCUT2D eigenvalue weighted by Crippen LogP contribution is 2.31. The van der Waals surface area contributed by atoms with Crippen LogP contribution in [0.4, 0.5) is 40.8 Å². The maximum atomic E-state index is 14.7. The molecule has 8 nitrogen and oxygen atoms in total. The van der Waals surface area contributed by atoms with Crippen molar-refractivity contribution < 1.29 is 35.1 Å². The molecule has 1 aromatic carbocycles. The monoisotopic (exact) mass is 600 g/mol. The smallest absolute Gasteiger partial charge is 0.397 e. The molecule has 0 saturated heterocycles. The van der Waals surface area contributed by atoms with Crippen LogP contribution in [0.25, 0.3) is 22.2 Å². The van der Waals surface area contributed by atoms with Gasteiger partial charge in [0.2, 0.25) is 0 Å². The van der Waals surface area contributed by atoms with E-state index in [4.69, 9.17) is 5.73 Å². The van der Waals surface area contributed by atoms with Crippen LogP contribution in [0.5, 0.6) is 0 Å². The fourth-order valence-electron chi connectivity index (χ4n) is 3.65. The molecule has 0 aliphatic heterocycles. The maximum Gasteiger partial charge on any atom is 0.423 e. The highest BCUT2D eigenvalue weighted by molar-refractivity contribution is 5.86. The van der Waals surface area contributed by atoms with Crippen LogP contribution in [0.2, 0.25) is 0 Å². The molecule has 3 aromatic heterocycles. The molecule has 0 fully saturated rings. The number of H-pyrrole nitrogens is 1. The molecule has 0 aliphatic carbocycles. The number of aromatic amines is 1. The molecular weight excluding hydrogens is 580 g/mol. The molecular formula is C26H20F8N6O2. The van der Waals surface area contributed by atoms with Crippen molar-refractivity contribution in [2.24, 2.45) is 0 Å².